The lowest BCUT2D eigenvalue weighted by molar-refractivity contribution is -0.141. The fraction of sp³-hybridized carbons (Fsp3) is 0.769. The smallest absolute Gasteiger partial charge is 0.312 e. The maximum absolute atomic E-state index is 12.3. The van der Waals surface area contributed by atoms with Crippen molar-refractivity contribution in [1.29, 1.82) is 0 Å². The van der Waals surface area contributed by atoms with Crippen LogP contribution >= 0.6 is 0 Å². The molecule has 19 heavy (non-hydrogen) atoms. The van der Waals surface area contributed by atoms with Crippen molar-refractivity contribution in [2.75, 3.05) is 6.54 Å². The van der Waals surface area contributed by atoms with E-state index in [1.54, 1.807) is 0 Å². The number of hydrogen-bond acceptors (Lipinski definition) is 2. The van der Waals surface area contributed by atoms with Crippen molar-refractivity contribution in [1.82, 2.24) is 15.1 Å². The fourth-order valence-corrected chi connectivity index (χ4v) is 1.68. The lowest BCUT2D eigenvalue weighted by Crippen LogP contribution is -2.36. The van der Waals surface area contributed by atoms with Gasteiger partial charge in [0.05, 0.1) is 0 Å². The molecule has 0 radical (unpaired) electrons. The second-order valence-corrected chi connectivity index (χ2v) is 5.70. The largest absolute Gasteiger partial charge is 0.435 e. The number of nitrogens with one attached hydrogen (secondary N) is 1. The summed E-state index contributed by atoms with van der Waals surface area (Å²) in [6, 6.07) is 1.02. The number of nitrogens with zero attached hydrogens (tertiary/aromatic N) is 2. The Balaban J connectivity index is 2.18. The van der Waals surface area contributed by atoms with E-state index >= 15 is 0 Å². The highest BCUT2D eigenvalue weighted by Crippen LogP contribution is 2.27. The Kier molecular flexibility index (Phi) is 5.40. The molecule has 1 rings (SSSR count). The first-order valence-electron chi connectivity index (χ1n) is 6.54. The molecule has 0 saturated carbocycles. The molecule has 1 N–H and O–H groups in total. The second-order valence-electron chi connectivity index (χ2n) is 5.70. The van der Waals surface area contributed by atoms with Gasteiger partial charge in [-0.2, -0.15) is 18.3 Å². The monoisotopic (exact) mass is 277 g/mol. The van der Waals surface area contributed by atoms with Gasteiger partial charge in [-0.1, -0.05) is 6.42 Å². The van der Waals surface area contributed by atoms with E-state index in [-0.39, 0.29) is 5.54 Å². The van der Waals surface area contributed by atoms with Crippen molar-refractivity contribution < 1.29 is 13.2 Å². The lowest BCUT2D eigenvalue weighted by atomic mass is 10.1. The molecule has 0 aliphatic heterocycles. The quantitative estimate of drug-likeness (QED) is 0.807. The fourth-order valence-electron chi connectivity index (χ4n) is 1.68. The van der Waals surface area contributed by atoms with Gasteiger partial charge in [-0.05, 0) is 46.2 Å². The molecule has 0 spiro atoms. The van der Waals surface area contributed by atoms with Crippen molar-refractivity contribution in [3.63, 3.8) is 0 Å². The predicted molar refractivity (Wildman–Crippen MR) is 68.8 cm³/mol. The molecule has 1 aromatic rings. The molecule has 0 fully saturated rings. The van der Waals surface area contributed by atoms with Crippen molar-refractivity contribution in [3.05, 3.63) is 18.0 Å². The van der Waals surface area contributed by atoms with Crippen LogP contribution in [0, 0.1) is 0 Å². The first kappa shape index (κ1) is 16.0. The van der Waals surface area contributed by atoms with Gasteiger partial charge in [0.25, 0.3) is 0 Å². The van der Waals surface area contributed by atoms with E-state index in [4.69, 9.17) is 0 Å². The Hall–Kier alpha value is -1.04. The van der Waals surface area contributed by atoms with Crippen molar-refractivity contribution in [2.24, 2.45) is 0 Å². The standard InChI is InChI=1S/C13H22F3N3/c1-12(2,3)17-8-5-4-6-9-19-10-7-11(18-19)13(14,15)16/h7,10,17H,4-6,8-9H2,1-3H3. The van der Waals surface area contributed by atoms with Gasteiger partial charge in [0.15, 0.2) is 5.69 Å². The number of halogens is 3. The highest BCUT2D eigenvalue weighted by Gasteiger charge is 2.33. The van der Waals surface area contributed by atoms with E-state index in [0.717, 1.165) is 31.9 Å². The van der Waals surface area contributed by atoms with Crippen LogP contribution in [0.25, 0.3) is 0 Å². The van der Waals surface area contributed by atoms with Gasteiger partial charge in [0.2, 0.25) is 0 Å². The minimum Gasteiger partial charge on any atom is -0.312 e. The summed E-state index contributed by atoms with van der Waals surface area (Å²) in [4.78, 5) is 0. The normalized spacial score (nSPS) is 12.9. The molecule has 0 unspecified atom stereocenters. The molecular formula is C13H22F3N3. The molecule has 1 aromatic heterocycles. The highest BCUT2D eigenvalue weighted by molar-refractivity contribution is 5.03. The van der Waals surface area contributed by atoms with Crippen LogP contribution in [0.1, 0.15) is 45.7 Å². The number of aryl methyl sites for hydroxylation is 1. The first-order chi connectivity index (χ1) is 8.68. The van der Waals surface area contributed by atoms with Crippen LogP contribution in [0.4, 0.5) is 13.2 Å². The van der Waals surface area contributed by atoms with E-state index in [1.807, 2.05) is 0 Å². The molecule has 0 aliphatic carbocycles. The molecule has 6 heteroatoms. The molecular weight excluding hydrogens is 255 g/mol. The summed E-state index contributed by atoms with van der Waals surface area (Å²) in [5.74, 6) is 0. The Labute approximate surface area is 112 Å². The molecule has 1 heterocycles. The molecule has 0 amide bonds. The lowest BCUT2D eigenvalue weighted by Gasteiger charge is -2.20. The average Bonchev–Trinajstić information content (AvgIpc) is 2.69. The van der Waals surface area contributed by atoms with E-state index in [9.17, 15) is 13.2 Å². The zero-order valence-electron chi connectivity index (χ0n) is 11.7. The van der Waals surface area contributed by atoms with Gasteiger partial charge < -0.3 is 5.32 Å². The number of unbranched alkanes of at least 4 members (excludes halogenated alkanes) is 2. The molecule has 110 valence electrons. The number of aromatic nitrogens is 2. The molecule has 0 aliphatic rings. The van der Waals surface area contributed by atoms with Gasteiger partial charge in [-0.15, -0.1) is 0 Å². The molecule has 0 saturated heterocycles. The van der Waals surface area contributed by atoms with Crippen LogP contribution in [0.5, 0.6) is 0 Å². The summed E-state index contributed by atoms with van der Waals surface area (Å²) in [5.41, 5.74) is -0.703. The predicted octanol–water partition coefficient (Wildman–Crippen LogP) is 3.46. The zero-order valence-corrected chi connectivity index (χ0v) is 11.7. The van der Waals surface area contributed by atoms with Crippen molar-refractivity contribution >= 4 is 0 Å². The minimum atomic E-state index is -4.35. The summed E-state index contributed by atoms with van der Waals surface area (Å²) >= 11 is 0. The Morgan fingerprint density at radius 2 is 1.84 bits per heavy atom. The molecule has 0 aromatic carbocycles. The van der Waals surface area contributed by atoms with Crippen molar-refractivity contribution in [3.8, 4) is 0 Å². The van der Waals surface area contributed by atoms with Gasteiger partial charge in [-0.3, -0.25) is 4.68 Å². The maximum Gasteiger partial charge on any atom is 0.435 e. The van der Waals surface area contributed by atoms with Crippen LogP contribution in [0.2, 0.25) is 0 Å². The van der Waals surface area contributed by atoms with Crippen LogP contribution in [-0.2, 0) is 12.7 Å². The van der Waals surface area contributed by atoms with Crippen LogP contribution in [0.15, 0.2) is 12.3 Å². The Morgan fingerprint density at radius 3 is 2.37 bits per heavy atom. The molecule has 0 bridgehead atoms. The third-order valence-electron chi connectivity index (χ3n) is 2.65. The van der Waals surface area contributed by atoms with E-state index in [1.165, 1.54) is 10.9 Å². The van der Waals surface area contributed by atoms with Crippen LogP contribution in [-0.4, -0.2) is 21.9 Å². The SMILES string of the molecule is CC(C)(C)NCCCCCn1ccc(C(F)(F)F)n1. The van der Waals surface area contributed by atoms with Gasteiger partial charge >= 0.3 is 6.18 Å². The highest BCUT2D eigenvalue weighted by atomic mass is 19.4. The Morgan fingerprint density at radius 1 is 1.16 bits per heavy atom. The molecule has 0 atom stereocenters. The number of rotatable bonds is 6. The van der Waals surface area contributed by atoms with E-state index in [2.05, 4.69) is 31.2 Å². The number of alkyl halides is 3. The van der Waals surface area contributed by atoms with Crippen LogP contribution in [0.3, 0.4) is 0 Å². The third-order valence-corrected chi connectivity index (χ3v) is 2.65. The summed E-state index contributed by atoms with van der Waals surface area (Å²) in [6.07, 6.45) is -0.127. The first-order valence-corrected chi connectivity index (χ1v) is 6.54. The maximum atomic E-state index is 12.3. The molecule has 3 nitrogen and oxygen atoms in total. The zero-order chi connectivity index (χ0) is 14.5. The van der Waals surface area contributed by atoms with E-state index < -0.39 is 11.9 Å². The number of hydrogen-bond donors (Lipinski definition) is 1. The topological polar surface area (TPSA) is 29.9 Å². The average molecular weight is 277 g/mol. The summed E-state index contributed by atoms with van der Waals surface area (Å²) in [7, 11) is 0. The minimum absolute atomic E-state index is 0.115. The third kappa shape index (κ3) is 6.61. The van der Waals surface area contributed by atoms with E-state index in [0.29, 0.717) is 6.54 Å². The van der Waals surface area contributed by atoms with Gasteiger partial charge in [0, 0.05) is 18.3 Å². The van der Waals surface area contributed by atoms with Crippen LogP contribution < -0.4 is 5.32 Å². The van der Waals surface area contributed by atoms with Gasteiger partial charge in [-0.25, -0.2) is 0 Å². The Bertz CT molecular complexity index is 377. The van der Waals surface area contributed by atoms with Crippen molar-refractivity contribution in [2.45, 2.75) is 58.3 Å². The second kappa shape index (κ2) is 6.41. The van der Waals surface area contributed by atoms with Gasteiger partial charge in [0.1, 0.15) is 0 Å². The summed E-state index contributed by atoms with van der Waals surface area (Å²) < 4.78 is 38.3. The summed E-state index contributed by atoms with van der Waals surface area (Å²) in [5, 5.41) is 6.89. The summed E-state index contributed by atoms with van der Waals surface area (Å²) in [6.45, 7) is 7.78.